The second-order valence-electron chi connectivity index (χ2n) is 5.34. The predicted molar refractivity (Wildman–Crippen MR) is 90.8 cm³/mol. The van der Waals surface area contributed by atoms with Crippen LogP contribution in [0.3, 0.4) is 0 Å². The molecule has 0 aromatic heterocycles. The van der Waals surface area contributed by atoms with Gasteiger partial charge in [0.25, 0.3) is 0 Å². The van der Waals surface area contributed by atoms with E-state index in [0.29, 0.717) is 17.0 Å². The maximum atomic E-state index is 6.27. The molecule has 0 aliphatic heterocycles. The van der Waals surface area contributed by atoms with Gasteiger partial charge in [-0.15, -0.1) is 11.8 Å². The smallest absolute Gasteiger partial charge is 0.131 e. The van der Waals surface area contributed by atoms with Gasteiger partial charge in [-0.3, -0.25) is 0 Å². The van der Waals surface area contributed by atoms with Gasteiger partial charge in [-0.05, 0) is 43.1 Å². The highest BCUT2D eigenvalue weighted by atomic mass is 32.2. The summed E-state index contributed by atoms with van der Waals surface area (Å²) < 4.78 is 6.27. The van der Waals surface area contributed by atoms with E-state index >= 15 is 0 Å². The van der Waals surface area contributed by atoms with E-state index in [1.165, 1.54) is 19.3 Å². The zero-order valence-corrected chi connectivity index (χ0v) is 13.9. The molecule has 20 heavy (non-hydrogen) atoms. The first-order chi connectivity index (χ1) is 9.63. The van der Waals surface area contributed by atoms with Gasteiger partial charge >= 0.3 is 0 Å². The van der Waals surface area contributed by atoms with Crippen molar-refractivity contribution in [3.63, 3.8) is 0 Å². The lowest BCUT2D eigenvalue weighted by molar-refractivity contribution is 0.102. The van der Waals surface area contributed by atoms with E-state index in [2.05, 4.69) is 19.9 Å². The number of thioether (sulfide) groups is 1. The fourth-order valence-corrected chi connectivity index (χ4v) is 3.86. The van der Waals surface area contributed by atoms with E-state index in [0.717, 1.165) is 28.4 Å². The minimum Gasteiger partial charge on any atom is -0.489 e. The lowest BCUT2D eigenvalue weighted by atomic mass is 9.88. The number of hydrogen-bond donors (Lipinski definition) is 1. The Morgan fingerprint density at radius 1 is 1.40 bits per heavy atom. The van der Waals surface area contributed by atoms with Crippen molar-refractivity contribution >= 4 is 29.0 Å². The van der Waals surface area contributed by atoms with E-state index < -0.39 is 0 Å². The van der Waals surface area contributed by atoms with Gasteiger partial charge in [0, 0.05) is 4.90 Å². The average molecular weight is 309 g/mol. The maximum Gasteiger partial charge on any atom is 0.131 e. The van der Waals surface area contributed by atoms with E-state index in [1.807, 2.05) is 12.1 Å². The Kier molecular flexibility index (Phi) is 5.73. The first-order valence-electron chi connectivity index (χ1n) is 7.35. The van der Waals surface area contributed by atoms with Crippen molar-refractivity contribution in [2.24, 2.45) is 11.7 Å². The normalized spacial score (nSPS) is 22.5. The molecule has 1 aromatic carbocycles. The standard InChI is InChI=1S/C16H23NOS2/c1-3-20-14-10-6-9-13(15(14)16(17)19)18-12-8-5-4-7-11(12)2/h6,9-12H,3-5,7-8H2,1-2H3,(H2,17,19). The van der Waals surface area contributed by atoms with Crippen molar-refractivity contribution < 1.29 is 4.74 Å². The molecule has 0 spiro atoms. The fraction of sp³-hybridized carbons (Fsp3) is 0.562. The third-order valence-corrected chi connectivity index (χ3v) is 4.99. The summed E-state index contributed by atoms with van der Waals surface area (Å²) in [4.78, 5) is 1.56. The number of rotatable bonds is 5. The van der Waals surface area contributed by atoms with Gasteiger partial charge in [-0.25, -0.2) is 0 Å². The topological polar surface area (TPSA) is 35.2 Å². The van der Waals surface area contributed by atoms with Gasteiger partial charge in [-0.2, -0.15) is 0 Å². The number of thiocarbonyl (C=S) groups is 1. The second kappa shape index (κ2) is 7.32. The van der Waals surface area contributed by atoms with Crippen LogP contribution in [-0.4, -0.2) is 16.8 Å². The highest BCUT2D eigenvalue weighted by molar-refractivity contribution is 7.99. The highest BCUT2D eigenvalue weighted by Gasteiger charge is 2.24. The first-order valence-corrected chi connectivity index (χ1v) is 8.75. The summed E-state index contributed by atoms with van der Waals surface area (Å²) in [5.41, 5.74) is 6.83. The molecule has 1 aliphatic carbocycles. The summed E-state index contributed by atoms with van der Waals surface area (Å²) in [6.45, 7) is 4.40. The third kappa shape index (κ3) is 3.67. The van der Waals surface area contributed by atoms with Crippen molar-refractivity contribution in [3.05, 3.63) is 23.8 Å². The number of ether oxygens (including phenoxy) is 1. The van der Waals surface area contributed by atoms with E-state index in [-0.39, 0.29) is 0 Å². The Morgan fingerprint density at radius 3 is 2.80 bits per heavy atom. The molecule has 0 amide bonds. The van der Waals surface area contributed by atoms with Gasteiger partial charge in [0.1, 0.15) is 16.8 Å². The Bertz CT molecular complexity index is 476. The second-order valence-corrected chi connectivity index (χ2v) is 7.09. The average Bonchev–Trinajstić information content (AvgIpc) is 2.41. The molecule has 2 rings (SSSR count). The number of nitrogens with two attached hydrogens (primary N) is 1. The van der Waals surface area contributed by atoms with Crippen LogP contribution in [0.2, 0.25) is 0 Å². The molecule has 0 radical (unpaired) electrons. The van der Waals surface area contributed by atoms with E-state index in [1.54, 1.807) is 11.8 Å². The minimum atomic E-state index is 0.290. The van der Waals surface area contributed by atoms with Crippen LogP contribution in [0.15, 0.2) is 23.1 Å². The molecule has 1 saturated carbocycles. The lowest BCUT2D eigenvalue weighted by Gasteiger charge is -2.30. The number of benzene rings is 1. The molecule has 4 heteroatoms. The molecule has 1 aliphatic rings. The van der Waals surface area contributed by atoms with Crippen LogP contribution in [0, 0.1) is 5.92 Å². The Morgan fingerprint density at radius 2 is 2.15 bits per heavy atom. The monoisotopic (exact) mass is 309 g/mol. The molecular weight excluding hydrogens is 286 g/mol. The lowest BCUT2D eigenvalue weighted by Crippen LogP contribution is -2.29. The van der Waals surface area contributed by atoms with Crippen LogP contribution in [0.1, 0.15) is 45.1 Å². The van der Waals surface area contributed by atoms with Gasteiger partial charge in [-0.1, -0.05) is 38.6 Å². The summed E-state index contributed by atoms with van der Waals surface area (Å²) >= 11 is 6.99. The van der Waals surface area contributed by atoms with Crippen molar-refractivity contribution in [1.29, 1.82) is 0 Å². The largest absolute Gasteiger partial charge is 0.489 e. The summed E-state index contributed by atoms with van der Waals surface area (Å²) in [5, 5.41) is 0. The van der Waals surface area contributed by atoms with Crippen molar-refractivity contribution in [1.82, 2.24) is 0 Å². The Balaban J connectivity index is 2.26. The number of hydrogen-bond acceptors (Lipinski definition) is 3. The van der Waals surface area contributed by atoms with Crippen LogP contribution in [0.4, 0.5) is 0 Å². The van der Waals surface area contributed by atoms with Gasteiger partial charge in [0.2, 0.25) is 0 Å². The maximum absolute atomic E-state index is 6.27. The summed E-state index contributed by atoms with van der Waals surface area (Å²) in [6.07, 6.45) is 5.23. The van der Waals surface area contributed by atoms with Crippen LogP contribution in [0.25, 0.3) is 0 Å². The summed E-state index contributed by atoms with van der Waals surface area (Å²) in [6, 6.07) is 6.10. The molecule has 1 fully saturated rings. The van der Waals surface area contributed by atoms with Crippen molar-refractivity contribution in [3.8, 4) is 5.75 Å². The highest BCUT2D eigenvalue weighted by Crippen LogP contribution is 2.34. The molecule has 2 N–H and O–H groups in total. The molecule has 0 bridgehead atoms. The molecular formula is C16H23NOS2. The first kappa shape index (κ1) is 15.6. The third-order valence-electron chi connectivity index (χ3n) is 3.85. The van der Waals surface area contributed by atoms with Crippen LogP contribution in [0.5, 0.6) is 5.75 Å². The molecule has 2 nitrogen and oxygen atoms in total. The van der Waals surface area contributed by atoms with Crippen LogP contribution >= 0.6 is 24.0 Å². The molecule has 110 valence electrons. The van der Waals surface area contributed by atoms with Crippen LogP contribution in [-0.2, 0) is 0 Å². The minimum absolute atomic E-state index is 0.290. The zero-order valence-electron chi connectivity index (χ0n) is 12.2. The molecule has 2 atom stereocenters. The quantitative estimate of drug-likeness (QED) is 0.646. The predicted octanol–water partition coefficient (Wildman–Crippen LogP) is 4.39. The molecule has 0 saturated heterocycles. The SMILES string of the molecule is CCSc1cccc(OC2CCCCC2C)c1C(N)=S. The van der Waals surface area contributed by atoms with Gasteiger partial charge in [0.05, 0.1) is 5.56 Å². The van der Waals surface area contributed by atoms with Gasteiger partial charge in [0.15, 0.2) is 0 Å². The molecule has 2 unspecified atom stereocenters. The fourth-order valence-electron chi connectivity index (χ4n) is 2.75. The van der Waals surface area contributed by atoms with Crippen molar-refractivity contribution in [2.45, 2.75) is 50.5 Å². The van der Waals surface area contributed by atoms with Gasteiger partial charge < -0.3 is 10.5 Å². The summed E-state index contributed by atoms with van der Waals surface area (Å²) in [5.74, 6) is 2.46. The molecule has 0 heterocycles. The van der Waals surface area contributed by atoms with Crippen LogP contribution < -0.4 is 10.5 Å². The summed E-state index contributed by atoms with van der Waals surface area (Å²) in [7, 11) is 0. The van der Waals surface area contributed by atoms with E-state index in [9.17, 15) is 0 Å². The molecule has 1 aromatic rings. The van der Waals surface area contributed by atoms with E-state index in [4.69, 9.17) is 22.7 Å². The zero-order chi connectivity index (χ0) is 14.5. The Hall–Kier alpha value is -0.740. The van der Waals surface area contributed by atoms with Crippen molar-refractivity contribution in [2.75, 3.05) is 5.75 Å². The Labute approximate surface area is 131 Å².